The van der Waals surface area contributed by atoms with E-state index in [1.54, 1.807) is 31.4 Å². The maximum atomic E-state index is 12.8. The minimum absolute atomic E-state index is 0.299. The third-order valence-electron chi connectivity index (χ3n) is 4.38. The predicted octanol–water partition coefficient (Wildman–Crippen LogP) is 2.86. The van der Waals surface area contributed by atoms with E-state index in [0.717, 1.165) is 17.1 Å². The van der Waals surface area contributed by atoms with Gasteiger partial charge in [0.25, 0.3) is 0 Å². The maximum Gasteiger partial charge on any atom is 0.243 e. The van der Waals surface area contributed by atoms with E-state index >= 15 is 0 Å². The van der Waals surface area contributed by atoms with E-state index in [9.17, 15) is 8.42 Å². The molecule has 1 aliphatic heterocycles. The van der Waals surface area contributed by atoms with Crippen molar-refractivity contribution in [3.8, 4) is 5.75 Å². The fourth-order valence-electron chi connectivity index (χ4n) is 2.89. The topological polar surface area (TPSA) is 49.9 Å². The molecule has 5 nitrogen and oxygen atoms in total. The largest absolute Gasteiger partial charge is 0.497 e. The van der Waals surface area contributed by atoms with E-state index in [4.69, 9.17) is 16.3 Å². The minimum atomic E-state index is -3.47. The van der Waals surface area contributed by atoms with Crippen LogP contribution >= 0.6 is 11.6 Å². The zero-order valence-corrected chi connectivity index (χ0v) is 15.6. The fourth-order valence-corrected chi connectivity index (χ4v) is 4.51. The first-order chi connectivity index (χ1) is 12.0. The van der Waals surface area contributed by atoms with Crippen LogP contribution < -0.4 is 4.74 Å². The van der Waals surface area contributed by atoms with Gasteiger partial charge in [0.2, 0.25) is 10.0 Å². The van der Waals surface area contributed by atoms with Crippen molar-refractivity contribution in [2.45, 2.75) is 11.4 Å². The summed E-state index contributed by atoms with van der Waals surface area (Å²) in [5.41, 5.74) is 1.07. The van der Waals surface area contributed by atoms with Gasteiger partial charge in [-0.1, -0.05) is 29.8 Å². The predicted molar refractivity (Wildman–Crippen MR) is 98.5 cm³/mol. The van der Waals surface area contributed by atoms with Crippen molar-refractivity contribution in [2.24, 2.45) is 0 Å². The number of nitrogens with zero attached hydrogens (tertiary/aromatic N) is 2. The SMILES string of the molecule is COc1ccc(S(=O)(=O)N2CCN(Cc3ccccc3Cl)CC2)cc1. The molecule has 0 spiro atoms. The lowest BCUT2D eigenvalue weighted by Gasteiger charge is -2.34. The molecule has 0 atom stereocenters. The Labute approximate surface area is 153 Å². The molecule has 0 saturated carbocycles. The Balaban J connectivity index is 1.64. The second-order valence-corrected chi connectivity index (χ2v) is 8.29. The summed E-state index contributed by atoms with van der Waals surface area (Å²) in [4.78, 5) is 2.52. The van der Waals surface area contributed by atoms with Crippen LogP contribution in [0.4, 0.5) is 0 Å². The first-order valence-corrected chi connectivity index (χ1v) is 9.92. The van der Waals surface area contributed by atoms with E-state index in [1.807, 2.05) is 24.3 Å². The summed E-state index contributed by atoms with van der Waals surface area (Å²) >= 11 is 6.21. The van der Waals surface area contributed by atoms with Crippen LogP contribution in [0, 0.1) is 0 Å². The van der Waals surface area contributed by atoms with Gasteiger partial charge >= 0.3 is 0 Å². The average Bonchev–Trinajstić information content (AvgIpc) is 2.64. The van der Waals surface area contributed by atoms with Gasteiger partial charge in [-0.15, -0.1) is 0 Å². The lowest BCUT2D eigenvalue weighted by molar-refractivity contribution is 0.181. The molecule has 1 heterocycles. The second-order valence-electron chi connectivity index (χ2n) is 5.95. The Hall–Kier alpha value is -1.60. The molecule has 0 aromatic heterocycles. The van der Waals surface area contributed by atoms with Gasteiger partial charge in [-0.05, 0) is 35.9 Å². The van der Waals surface area contributed by atoms with Crippen LogP contribution in [0.3, 0.4) is 0 Å². The molecule has 0 bridgehead atoms. The first kappa shape index (κ1) is 18.2. The summed E-state index contributed by atoms with van der Waals surface area (Å²) < 4.78 is 32.1. The number of piperazine rings is 1. The van der Waals surface area contributed by atoms with Crippen molar-refractivity contribution in [1.82, 2.24) is 9.21 Å². The third-order valence-corrected chi connectivity index (χ3v) is 6.66. The van der Waals surface area contributed by atoms with Crippen molar-refractivity contribution in [3.63, 3.8) is 0 Å². The summed E-state index contributed by atoms with van der Waals surface area (Å²) in [5, 5.41) is 0.746. The second kappa shape index (κ2) is 7.74. The van der Waals surface area contributed by atoms with E-state index in [2.05, 4.69) is 4.90 Å². The standard InChI is InChI=1S/C18H21ClN2O3S/c1-24-16-6-8-17(9-7-16)25(22,23)21-12-10-20(11-13-21)14-15-4-2-3-5-18(15)19/h2-9H,10-14H2,1H3. The van der Waals surface area contributed by atoms with Crippen LogP contribution in [-0.2, 0) is 16.6 Å². The molecule has 134 valence electrons. The van der Waals surface area contributed by atoms with Gasteiger partial charge < -0.3 is 4.74 Å². The van der Waals surface area contributed by atoms with Gasteiger partial charge in [0.05, 0.1) is 12.0 Å². The molecule has 0 aliphatic carbocycles. The minimum Gasteiger partial charge on any atom is -0.497 e. The molecule has 0 radical (unpaired) electrons. The van der Waals surface area contributed by atoms with Gasteiger partial charge in [-0.25, -0.2) is 8.42 Å². The molecule has 0 unspecified atom stereocenters. The highest BCUT2D eigenvalue weighted by Gasteiger charge is 2.28. The Bertz CT molecular complexity index is 816. The van der Waals surface area contributed by atoms with Gasteiger partial charge in [0.1, 0.15) is 5.75 Å². The first-order valence-electron chi connectivity index (χ1n) is 8.10. The van der Waals surface area contributed by atoms with E-state index in [-0.39, 0.29) is 0 Å². The quantitative estimate of drug-likeness (QED) is 0.800. The van der Waals surface area contributed by atoms with Gasteiger partial charge in [-0.3, -0.25) is 4.90 Å². The van der Waals surface area contributed by atoms with Crippen LogP contribution in [0.2, 0.25) is 5.02 Å². The lowest BCUT2D eigenvalue weighted by Crippen LogP contribution is -2.48. The zero-order valence-electron chi connectivity index (χ0n) is 14.1. The summed E-state index contributed by atoms with van der Waals surface area (Å²) in [7, 11) is -1.91. The summed E-state index contributed by atoms with van der Waals surface area (Å²) in [6, 6.07) is 14.3. The molecule has 1 saturated heterocycles. The maximum absolute atomic E-state index is 12.8. The Kier molecular flexibility index (Phi) is 5.64. The van der Waals surface area contributed by atoms with Crippen LogP contribution in [0.15, 0.2) is 53.4 Å². The number of rotatable bonds is 5. The number of sulfonamides is 1. The molecule has 0 amide bonds. The number of hydrogen-bond donors (Lipinski definition) is 0. The Morgan fingerprint density at radius 1 is 1.00 bits per heavy atom. The van der Waals surface area contributed by atoms with Gasteiger partial charge in [0, 0.05) is 37.7 Å². The Morgan fingerprint density at radius 3 is 2.24 bits per heavy atom. The third kappa shape index (κ3) is 4.15. The normalized spacial score (nSPS) is 16.7. The fraction of sp³-hybridized carbons (Fsp3) is 0.333. The summed E-state index contributed by atoms with van der Waals surface area (Å²) in [5.74, 6) is 0.642. The van der Waals surface area contributed by atoms with Gasteiger partial charge in [0.15, 0.2) is 0 Å². The van der Waals surface area contributed by atoms with Crippen molar-refractivity contribution in [1.29, 1.82) is 0 Å². The van der Waals surface area contributed by atoms with Crippen LogP contribution in [0.5, 0.6) is 5.75 Å². The molecular weight excluding hydrogens is 360 g/mol. The van der Waals surface area contributed by atoms with Crippen molar-refractivity contribution >= 4 is 21.6 Å². The molecule has 25 heavy (non-hydrogen) atoms. The number of benzene rings is 2. The van der Waals surface area contributed by atoms with Crippen molar-refractivity contribution in [2.75, 3.05) is 33.3 Å². The summed E-state index contributed by atoms with van der Waals surface area (Å²) in [6.07, 6.45) is 0. The van der Waals surface area contributed by atoms with E-state index in [0.29, 0.717) is 36.8 Å². The highest BCUT2D eigenvalue weighted by Crippen LogP contribution is 2.22. The van der Waals surface area contributed by atoms with E-state index in [1.165, 1.54) is 4.31 Å². The number of ether oxygens (including phenoxy) is 1. The number of hydrogen-bond acceptors (Lipinski definition) is 4. The molecule has 2 aromatic carbocycles. The molecule has 3 rings (SSSR count). The van der Waals surface area contributed by atoms with Crippen LogP contribution in [0.1, 0.15) is 5.56 Å². The molecule has 0 N–H and O–H groups in total. The Morgan fingerprint density at radius 2 is 1.64 bits per heavy atom. The summed E-state index contributed by atoms with van der Waals surface area (Å²) in [6.45, 7) is 3.04. The van der Waals surface area contributed by atoms with E-state index < -0.39 is 10.0 Å². The lowest BCUT2D eigenvalue weighted by atomic mass is 10.2. The van der Waals surface area contributed by atoms with Gasteiger partial charge in [-0.2, -0.15) is 4.31 Å². The molecule has 7 heteroatoms. The molecule has 2 aromatic rings. The monoisotopic (exact) mass is 380 g/mol. The average molecular weight is 381 g/mol. The van der Waals surface area contributed by atoms with Crippen LogP contribution in [0.25, 0.3) is 0 Å². The number of methoxy groups -OCH3 is 1. The van der Waals surface area contributed by atoms with Crippen LogP contribution in [-0.4, -0.2) is 50.9 Å². The molecular formula is C18H21ClN2O3S. The molecule has 1 fully saturated rings. The highest BCUT2D eigenvalue weighted by molar-refractivity contribution is 7.89. The van der Waals surface area contributed by atoms with Crippen molar-refractivity contribution in [3.05, 3.63) is 59.1 Å². The number of halogens is 1. The highest BCUT2D eigenvalue weighted by atomic mass is 35.5. The van der Waals surface area contributed by atoms with Crippen molar-refractivity contribution < 1.29 is 13.2 Å². The smallest absolute Gasteiger partial charge is 0.243 e. The zero-order chi connectivity index (χ0) is 17.9. The molecule has 1 aliphatic rings.